The standard InChI is InChI=1S/C30H34ClN5O6/c1-18-21(22-8-5-6-10-24(22)31)9-7-13-30(18,34-26(39)23-16-35(2)29(41)36(3)28(23)40)25-12-11-19(27(33-25)42-4)14-32-15-20(38)17-37/h5-13,16,18,20,32,37-38H,14-15,17H2,1-4H3,(H,34,39)/t18-,20?,30?/m1/s1. The van der Waals surface area contributed by atoms with Crippen LogP contribution in [-0.2, 0) is 26.2 Å². The number of aliphatic hydroxyl groups is 2. The van der Waals surface area contributed by atoms with Crippen LogP contribution in [0.25, 0.3) is 5.57 Å². The Morgan fingerprint density at radius 1 is 1.21 bits per heavy atom. The van der Waals surface area contributed by atoms with E-state index in [1.165, 1.54) is 32.0 Å². The van der Waals surface area contributed by atoms with Crippen LogP contribution in [0.1, 0.15) is 34.1 Å². The highest BCUT2D eigenvalue weighted by molar-refractivity contribution is 6.32. The average Bonchev–Trinajstić information content (AvgIpc) is 2.99. The third-order valence-electron chi connectivity index (χ3n) is 7.44. The van der Waals surface area contributed by atoms with E-state index in [4.69, 9.17) is 26.4 Å². The van der Waals surface area contributed by atoms with Crippen molar-refractivity contribution in [3.8, 4) is 5.88 Å². The largest absolute Gasteiger partial charge is 0.481 e. The van der Waals surface area contributed by atoms with Gasteiger partial charge in [-0.25, -0.2) is 9.78 Å². The Hall–Kier alpha value is -4.03. The van der Waals surface area contributed by atoms with Gasteiger partial charge in [-0.15, -0.1) is 0 Å². The van der Waals surface area contributed by atoms with E-state index in [0.717, 1.165) is 15.7 Å². The number of nitrogens with zero attached hydrogens (tertiary/aromatic N) is 3. The fourth-order valence-corrected chi connectivity index (χ4v) is 5.29. The summed E-state index contributed by atoms with van der Waals surface area (Å²) >= 11 is 6.58. The first-order valence-electron chi connectivity index (χ1n) is 13.3. The SMILES string of the molecule is COc1nc(C2(NC(=O)c3cn(C)c(=O)n(C)c3=O)C=CC=C(c3ccccc3Cl)[C@H]2C)ccc1CNCC(O)CO. The van der Waals surface area contributed by atoms with Crippen LogP contribution in [-0.4, -0.2) is 56.6 Å². The summed E-state index contributed by atoms with van der Waals surface area (Å²) < 4.78 is 7.66. The summed E-state index contributed by atoms with van der Waals surface area (Å²) in [6, 6.07) is 10.9. The molecule has 1 aliphatic rings. The van der Waals surface area contributed by atoms with Crippen LogP contribution in [0.5, 0.6) is 5.88 Å². The molecule has 2 aromatic heterocycles. The van der Waals surface area contributed by atoms with E-state index in [2.05, 4.69) is 10.6 Å². The molecule has 2 unspecified atom stereocenters. The Labute approximate surface area is 247 Å². The number of hydrogen-bond acceptors (Lipinski definition) is 8. The molecule has 0 radical (unpaired) electrons. The molecule has 3 atom stereocenters. The van der Waals surface area contributed by atoms with Gasteiger partial charge < -0.3 is 30.2 Å². The molecule has 11 nitrogen and oxygen atoms in total. The zero-order valence-corrected chi connectivity index (χ0v) is 24.6. The van der Waals surface area contributed by atoms with Crippen LogP contribution < -0.4 is 26.6 Å². The lowest BCUT2D eigenvalue weighted by Crippen LogP contribution is -2.52. The normalized spacial score (nSPS) is 18.8. The van der Waals surface area contributed by atoms with E-state index in [1.807, 2.05) is 31.2 Å². The second-order valence-corrected chi connectivity index (χ2v) is 10.5. The number of amides is 1. The molecule has 0 fully saturated rings. The van der Waals surface area contributed by atoms with Crippen molar-refractivity contribution in [3.63, 3.8) is 0 Å². The highest BCUT2D eigenvalue weighted by atomic mass is 35.5. The molecule has 0 saturated heterocycles. The van der Waals surface area contributed by atoms with Gasteiger partial charge in [-0.05, 0) is 23.3 Å². The maximum atomic E-state index is 13.8. The summed E-state index contributed by atoms with van der Waals surface area (Å²) in [5, 5.41) is 25.4. The summed E-state index contributed by atoms with van der Waals surface area (Å²) in [7, 11) is 4.26. The molecule has 1 amide bonds. The second kappa shape index (κ2) is 12.9. The smallest absolute Gasteiger partial charge is 0.330 e. The molecule has 222 valence electrons. The molecule has 0 spiro atoms. The van der Waals surface area contributed by atoms with Crippen molar-refractivity contribution in [3.05, 3.63) is 109 Å². The van der Waals surface area contributed by atoms with Crippen LogP contribution >= 0.6 is 11.6 Å². The number of ether oxygens (including phenoxy) is 1. The van der Waals surface area contributed by atoms with Gasteiger partial charge in [0, 0.05) is 49.9 Å². The Kier molecular flexibility index (Phi) is 9.47. The predicted octanol–water partition coefficient (Wildman–Crippen LogP) is 1.50. The zero-order valence-electron chi connectivity index (χ0n) is 23.8. The van der Waals surface area contributed by atoms with E-state index in [9.17, 15) is 19.5 Å². The third kappa shape index (κ3) is 5.95. The van der Waals surface area contributed by atoms with Crippen LogP contribution in [0, 0.1) is 5.92 Å². The molecule has 1 aromatic carbocycles. The molecule has 0 bridgehead atoms. The van der Waals surface area contributed by atoms with Crippen molar-refractivity contribution < 1.29 is 19.7 Å². The number of halogens is 1. The zero-order chi connectivity index (χ0) is 30.6. The average molecular weight is 596 g/mol. The Morgan fingerprint density at radius 2 is 1.95 bits per heavy atom. The topological polar surface area (TPSA) is 148 Å². The van der Waals surface area contributed by atoms with E-state index in [-0.39, 0.29) is 18.7 Å². The lowest BCUT2D eigenvalue weighted by molar-refractivity contribution is 0.0896. The number of aliphatic hydroxyl groups excluding tert-OH is 2. The molecular weight excluding hydrogens is 562 g/mol. The van der Waals surface area contributed by atoms with Gasteiger partial charge in [0.15, 0.2) is 0 Å². The summed E-state index contributed by atoms with van der Waals surface area (Å²) in [4.78, 5) is 43.8. The van der Waals surface area contributed by atoms with Gasteiger partial charge in [0.25, 0.3) is 11.5 Å². The number of rotatable bonds is 10. The van der Waals surface area contributed by atoms with Crippen molar-refractivity contribution in [2.75, 3.05) is 20.3 Å². The Balaban J connectivity index is 1.82. The lowest BCUT2D eigenvalue weighted by Gasteiger charge is -2.40. The lowest BCUT2D eigenvalue weighted by atomic mass is 9.72. The van der Waals surface area contributed by atoms with Gasteiger partial charge in [0.05, 0.1) is 25.5 Å². The first kappa shape index (κ1) is 30.9. The van der Waals surface area contributed by atoms with E-state index in [0.29, 0.717) is 28.7 Å². The molecule has 2 heterocycles. The van der Waals surface area contributed by atoms with Crippen LogP contribution in [0.3, 0.4) is 0 Å². The highest BCUT2D eigenvalue weighted by Gasteiger charge is 2.43. The minimum absolute atomic E-state index is 0.168. The number of nitrogens with one attached hydrogen (secondary N) is 2. The van der Waals surface area contributed by atoms with Crippen molar-refractivity contribution in [1.29, 1.82) is 0 Å². The number of pyridine rings is 1. The van der Waals surface area contributed by atoms with Crippen molar-refractivity contribution >= 4 is 23.1 Å². The van der Waals surface area contributed by atoms with Crippen molar-refractivity contribution in [2.45, 2.75) is 25.1 Å². The van der Waals surface area contributed by atoms with Crippen LogP contribution in [0.15, 0.2) is 70.4 Å². The fourth-order valence-electron chi connectivity index (χ4n) is 5.05. The highest BCUT2D eigenvalue weighted by Crippen LogP contribution is 2.44. The van der Waals surface area contributed by atoms with E-state index < -0.39 is 34.7 Å². The molecule has 0 saturated carbocycles. The minimum Gasteiger partial charge on any atom is -0.481 e. The first-order valence-corrected chi connectivity index (χ1v) is 13.7. The second-order valence-electron chi connectivity index (χ2n) is 10.1. The summed E-state index contributed by atoms with van der Waals surface area (Å²) in [6.45, 7) is 2.03. The van der Waals surface area contributed by atoms with Gasteiger partial charge >= 0.3 is 5.69 Å². The molecule has 12 heteroatoms. The van der Waals surface area contributed by atoms with E-state index >= 15 is 0 Å². The third-order valence-corrected chi connectivity index (χ3v) is 7.77. The summed E-state index contributed by atoms with van der Waals surface area (Å²) in [5.41, 5.74) is 0.00367. The number of benzene rings is 1. The van der Waals surface area contributed by atoms with Gasteiger partial charge in [-0.1, -0.05) is 61.0 Å². The van der Waals surface area contributed by atoms with Gasteiger partial charge in [-0.3, -0.25) is 14.2 Å². The number of methoxy groups -OCH3 is 1. The molecule has 42 heavy (non-hydrogen) atoms. The maximum Gasteiger partial charge on any atom is 0.330 e. The first-order chi connectivity index (χ1) is 20.0. The molecule has 3 aromatic rings. The molecule has 4 N–H and O–H groups in total. The minimum atomic E-state index is -1.26. The molecule has 0 aliphatic heterocycles. The van der Waals surface area contributed by atoms with Gasteiger partial charge in [-0.2, -0.15) is 0 Å². The fraction of sp³-hybridized carbons (Fsp3) is 0.333. The molecule has 1 aliphatic carbocycles. The summed E-state index contributed by atoms with van der Waals surface area (Å²) in [5.74, 6) is -0.823. The van der Waals surface area contributed by atoms with Crippen LogP contribution in [0.2, 0.25) is 5.02 Å². The number of carbonyl (C=O) groups excluding carboxylic acids is 1. The number of hydrogen-bond donors (Lipinski definition) is 4. The molecular formula is C30H34ClN5O6. The number of allylic oxidation sites excluding steroid dienone is 2. The van der Waals surface area contributed by atoms with Gasteiger partial charge in [0.1, 0.15) is 11.1 Å². The van der Waals surface area contributed by atoms with Crippen molar-refractivity contribution in [1.82, 2.24) is 24.8 Å². The summed E-state index contributed by atoms with van der Waals surface area (Å²) in [6.07, 6.45) is 5.84. The quantitative estimate of drug-likeness (QED) is 0.276. The monoisotopic (exact) mass is 595 g/mol. The number of aromatic nitrogens is 3. The number of carbonyl (C=O) groups is 1. The van der Waals surface area contributed by atoms with E-state index in [1.54, 1.807) is 30.4 Å². The van der Waals surface area contributed by atoms with Gasteiger partial charge in [0.2, 0.25) is 5.88 Å². The van der Waals surface area contributed by atoms with Crippen molar-refractivity contribution in [2.24, 2.45) is 20.0 Å². The Morgan fingerprint density at radius 3 is 2.64 bits per heavy atom. The maximum absolute atomic E-state index is 13.8. The predicted molar refractivity (Wildman–Crippen MR) is 159 cm³/mol. The Bertz CT molecular complexity index is 1660. The van der Waals surface area contributed by atoms with Crippen LogP contribution in [0.4, 0.5) is 0 Å². The number of aryl methyl sites for hydroxylation is 1. The molecule has 4 rings (SSSR count).